The summed E-state index contributed by atoms with van der Waals surface area (Å²) in [6, 6.07) is 2.23. The first-order valence-corrected chi connectivity index (χ1v) is 7.37. The number of halogens is 2. The van der Waals surface area contributed by atoms with Crippen LogP contribution in [0.1, 0.15) is 25.6 Å². The van der Waals surface area contributed by atoms with E-state index >= 15 is 0 Å². The van der Waals surface area contributed by atoms with Crippen molar-refractivity contribution in [2.45, 2.75) is 32.7 Å². The SMILES string of the molecule is CCCc1nc2cc(F)c(F)cc2n1CCC(=O)NCCN. The fourth-order valence-electron chi connectivity index (χ4n) is 2.35. The van der Waals surface area contributed by atoms with Gasteiger partial charge in [-0.2, -0.15) is 0 Å². The van der Waals surface area contributed by atoms with Crippen LogP contribution in [0.4, 0.5) is 8.78 Å². The van der Waals surface area contributed by atoms with Crippen molar-refractivity contribution in [1.29, 1.82) is 0 Å². The highest BCUT2D eigenvalue weighted by Crippen LogP contribution is 2.21. The third-order valence-corrected chi connectivity index (χ3v) is 3.37. The molecule has 0 unspecified atom stereocenters. The fraction of sp³-hybridized carbons (Fsp3) is 0.467. The van der Waals surface area contributed by atoms with Gasteiger partial charge in [0.15, 0.2) is 11.6 Å². The highest BCUT2D eigenvalue weighted by molar-refractivity contribution is 5.78. The number of carbonyl (C=O) groups is 1. The van der Waals surface area contributed by atoms with Crippen LogP contribution in [0.25, 0.3) is 11.0 Å². The molecule has 1 aromatic carbocycles. The Kier molecular flexibility index (Phi) is 5.43. The van der Waals surface area contributed by atoms with Crippen molar-refractivity contribution in [1.82, 2.24) is 14.9 Å². The topological polar surface area (TPSA) is 72.9 Å². The van der Waals surface area contributed by atoms with E-state index < -0.39 is 11.6 Å². The van der Waals surface area contributed by atoms with Crippen molar-refractivity contribution in [3.05, 3.63) is 29.6 Å². The molecule has 3 N–H and O–H groups in total. The van der Waals surface area contributed by atoms with Crippen LogP contribution in [0.2, 0.25) is 0 Å². The summed E-state index contributed by atoms with van der Waals surface area (Å²) < 4.78 is 28.6. The number of hydrogen-bond donors (Lipinski definition) is 2. The van der Waals surface area contributed by atoms with Gasteiger partial charge in [0.05, 0.1) is 11.0 Å². The summed E-state index contributed by atoms with van der Waals surface area (Å²) in [6.45, 7) is 3.17. The lowest BCUT2D eigenvalue weighted by Gasteiger charge is -2.09. The van der Waals surface area contributed by atoms with E-state index in [1.165, 1.54) is 0 Å². The smallest absolute Gasteiger partial charge is 0.221 e. The highest BCUT2D eigenvalue weighted by Gasteiger charge is 2.14. The summed E-state index contributed by atoms with van der Waals surface area (Å²) in [5, 5.41) is 2.68. The number of benzene rings is 1. The molecule has 0 fully saturated rings. The van der Waals surface area contributed by atoms with Gasteiger partial charge in [0, 0.05) is 44.6 Å². The number of nitrogens with zero attached hydrogens (tertiary/aromatic N) is 2. The summed E-state index contributed by atoms with van der Waals surface area (Å²) in [6.07, 6.45) is 1.77. The Morgan fingerprint density at radius 2 is 2.09 bits per heavy atom. The molecule has 0 aliphatic rings. The Bertz CT molecular complexity index is 669. The number of nitrogens with one attached hydrogen (secondary N) is 1. The van der Waals surface area contributed by atoms with E-state index in [1.807, 2.05) is 6.92 Å². The number of aryl methyl sites for hydroxylation is 2. The van der Waals surface area contributed by atoms with Gasteiger partial charge in [-0.3, -0.25) is 4.79 Å². The van der Waals surface area contributed by atoms with Gasteiger partial charge in [0.1, 0.15) is 5.82 Å². The molecule has 0 spiro atoms. The Hall–Kier alpha value is -2.02. The highest BCUT2D eigenvalue weighted by atomic mass is 19.2. The first kappa shape index (κ1) is 16.4. The molecule has 0 saturated carbocycles. The molecule has 2 rings (SSSR count). The Labute approximate surface area is 127 Å². The number of amides is 1. The van der Waals surface area contributed by atoms with Gasteiger partial charge in [-0.15, -0.1) is 0 Å². The van der Waals surface area contributed by atoms with E-state index in [-0.39, 0.29) is 12.3 Å². The number of hydrogen-bond acceptors (Lipinski definition) is 3. The third kappa shape index (κ3) is 3.59. The molecule has 2 aromatic rings. The van der Waals surface area contributed by atoms with Crippen LogP contribution in [0, 0.1) is 11.6 Å². The van der Waals surface area contributed by atoms with E-state index in [1.54, 1.807) is 4.57 Å². The van der Waals surface area contributed by atoms with Crippen LogP contribution >= 0.6 is 0 Å². The number of fused-ring (bicyclic) bond motifs is 1. The van der Waals surface area contributed by atoms with E-state index in [4.69, 9.17) is 5.73 Å². The van der Waals surface area contributed by atoms with Crippen LogP contribution in [0.3, 0.4) is 0 Å². The minimum atomic E-state index is -0.916. The second-order valence-electron chi connectivity index (χ2n) is 5.07. The number of imidazole rings is 1. The number of nitrogens with two attached hydrogens (primary N) is 1. The lowest BCUT2D eigenvalue weighted by Crippen LogP contribution is -2.29. The second-order valence-corrected chi connectivity index (χ2v) is 5.07. The van der Waals surface area contributed by atoms with E-state index in [9.17, 15) is 13.6 Å². The quantitative estimate of drug-likeness (QED) is 0.818. The number of carbonyl (C=O) groups excluding carboxylic acids is 1. The Balaban J connectivity index is 2.27. The average Bonchev–Trinajstić information content (AvgIpc) is 2.80. The van der Waals surface area contributed by atoms with Crippen LogP contribution in [-0.2, 0) is 17.8 Å². The van der Waals surface area contributed by atoms with Gasteiger partial charge in [-0.05, 0) is 6.42 Å². The summed E-state index contributed by atoms with van der Waals surface area (Å²) in [5.41, 5.74) is 6.24. The molecule has 1 amide bonds. The van der Waals surface area contributed by atoms with Gasteiger partial charge in [-0.1, -0.05) is 6.92 Å². The normalized spacial score (nSPS) is 11.1. The molecule has 7 heteroatoms. The predicted octanol–water partition coefficient (Wildman–Crippen LogP) is 1.73. The minimum absolute atomic E-state index is 0.127. The molecular weight excluding hydrogens is 290 g/mol. The average molecular weight is 310 g/mol. The fourth-order valence-corrected chi connectivity index (χ4v) is 2.35. The predicted molar refractivity (Wildman–Crippen MR) is 80.3 cm³/mol. The van der Waals surface area contributed by atoms with Crippen molar-refractivity contribution >= 4 is 16.9 Å². The lowest BCUT2D eigenvalue weighted by atomic mass is 10.2. The molecule has 0 radical (unpaired) electrons. The summed E-state index contributed by atoms with van der Waals surface area (Å²) in [5.74, 6) is -1.23. The van der Waals surface area contributed by atoms with Gasteiger partial charge in [0.25, 0.3) is 0 Å². The zero-order valence-electron chi connectivity index (χ0n) is 12.5. The molecule has 0 atom stereocenters. The molecule has 1 aromatic heterocycles. The summed E-state index contributed by atoms with van der Waals surface area (Å²) in [7, 11) is 0. The van der Waals surface area contributed by atoms with Crippen molar-refractivity contribution in [2.75, 3.05) is 13.1 Å². The zero-order chi connectivity index (χ0) is 16.1. The molecule has 0 saturated heterocycles. The molecule has 5 nitrogen and oxygen atoms in total. The number of rotatable bonds is 7. The largest absolute Gasteiger partial charge is 0.355 e. The van der Waals surface area contributed by atoms with Gasteiger partial charge >= 0.3 is 0 Å². The van der Waals surface area contributed by atoms with Crippen LogP contribution < -0.4 is 11.1 Å². The van der Waals surface area contributed by atoms with Crippen LogP contribution in [-0.4, -0.2) is 28.5 Å². The maximum Gasteiger partial charge on any atom is 0.221 e. The Morgan fingerprint density at radius 1 is 1.36 bits per heavy atom. The van der Waals surface area contributed by atoms with E-state index in [0.29, 0.717) is 37.1 Å². The molecule has 120 valence electrons. The van der Waals surface area contributed by atoms with Gasteiger partial charge in [0.2, 0.25) is 5.91 Å². The number of aromatic nitrogens is 2. The van der Waals surface area contributed by atoms with Gasteiger partial charge in [-0.25, -0.2) is 13.8 Å². The van der Waals surface area contributed by atoms with E-state index in [2.05, 4.69) is 10.3 Å². The molecule has 0 bridgehead atoms. The third-order valence-electron chi connectivity index (χ3n) is 3.37. The molecular formula is C15H20F2N4O. The first-order chi connectivity index (χ1) is 10.6. The van der Waals surface area contributed by atoms with E-state index in [0.717, 1.165) is 24.4 Å². The minimum Gasteiger partial charge on any atom is -0.355 e. The van der Waals surface area contributed by atoms with Crippen molar-refractivity contribution < 1.29 is 13.6 Å². The molecule has 0 aliphatic carbocycles. The van der Waals surface area contributed by atoms with Crippen LogP contribution in [0.15, 0.2) is 12.1 Å². The standard InChI is InChI=1S/C15H20F2N4O/c1-2-3-14-20-12-8-10(16)11(17)9-13(12)21(14)7-4-15(22)19-6-5-18/h8-9H,2-7,18H2,1H3,(H,19,22). The summed E-state index contributed by atoms with van der Waals surface area (Å²) >= 11 is 0. The molecule has 0 aliphatic heterocycles. The first-order valence-electron chi connectivity index (χ1n) is 7.37. The zero-order valence-corrected chi connectivity index (χ0v) is 12.5. The van der Waals surface area contributed by atoms with Crippen molar-refractivity contribution in [3.8, 4) is 0 Å². The van der Waals surface area contributed by atoms with Crippen molar-refractivity contribution in [3.63, 3.8) is 0 Å². The second kappa shape index (κ2) is 7.31. The molecule has 22 heavy (non-hydrogen) atoms. The molecule has 1 heterocycles. The lowest BCUT2D eigenvalue weighted by molar-refractivity contribution is -0.121. The monoisotopic (exact) mass is 310 g/mol. The maximum atomic E-state index is 13.5. The Morgan fingerprint density at radius 3 is 2.77 bits per heavy atom. The van der Waals surface area contributed by atoms with Crippen LogP contribution in [0.5, 0.6) is 0 Å². The van der Waals surface area contributed by atoms with Gasteiger partial charge < -0.3 is 15.6 Å². The van der Waals surface area contributed by atoms with Crippen molar-refractivity contribution in [2.24, 2.45) is 5.73 Å². The maximum absolute atomic E-state index is 13.5. The summed E-state index contributed by atoms with van der Waals surface area (Å²) in [4.78, 5) is 16.0.